The van der Waals surface area contributed by atoms with Crippen LogP contribution in [0.5, 0.6) is 0 Å². The van der Waals surface area contributed by atoms with Gasteiger partial charge in [0.2, 0.25) is 0 Å². The quantitative estimate of drug-likeness (QED) is 0.742. The topological polar surface area (TPSA) is 92.0 Å². The van der Waals surface area contributed by atoms with Crippen LogP contribution in [0.25, 0.3) is 0 Å². The van der Waals surface area contributed by atoms with Crippen LogP contribution >= 0.6 is 0 Å². The largest absolute Gasteiger partial charge is 0.442 e. The highest BCUT2D eigenvalue weighted by Gasteiger charge is 2.40. The maximum absolute atomic E-state index is 11.4. The van der Waals surface area contributed by atoms with Crippen molar-refractivity contribution in [3.8, 4) is 0 Å². The van der Waals surface area contributed by atoms with Gasteiger partial charge in [0.05, 0.1) is 0 Å². The minimum absolute atomic E-state index is 0.143. The molecule has 1 fully saturated rings. The van der Waals surface area contributed by atoms with Crippen molar-refractivity contribution < 1.29 is 23.8 Å². The van der Waals surface area contributed by atoms with Gasteiger partial charge in [0, 0.05) is 6.54 Å². The zero-order valence-electron chi connectivity index (χ0n) is 12.2. The van der Waals surface area contributed by atoms with Crippen molar-refractivity contribution >= 4 is 6.09 Å². The lowest BCUT2D eigenvalue weighted by Gasteiger charge is -2.20. The molecule has 1 rings (SSSR count). The van der Waals surface area contributed by atoms with Crippen molar-refractivity contribution in [3.63, 3.8) is 0 Å². The van der Waals surface area contributed by atoms with Crippen LogP contribution in [0, 0.1) is 0 Å². The smallest absolute Gasteiger partial charge is 0.431 e. The third-order valence-electron chi connectivity index (χ3n) is 2.32. The van der Waals surface area contributed by atoms with Crippen molar-refractivity contribution in [1.82, 2.24) is 5.48 Å². The minimum Gasteiger partial charge on any atom is -0.442 e. The second-order valence-electron chi connectivity index (χ2n) is 5.86. The Morgan fingerprint density at radius 2 is 1.89 bits per heavy atom. The highest BCUT2D eigenvalue weighted by Crippen LogP contribution is 2.27. The van der Waals surface area contributed by atoms with Gasteiger partial charge in [-0.2, -0.15) is 5.48 Å². The summed E-state index contributed by atoms with van der Waals surface area (Å²) in [6.07, 6.45) is -1.22. The molecule has 0 spiro atoms. The number of carbonyl (C=O) groups is 1. The molecule has 0 saturated carbocycles. The van der Waals surface area contributed by atoms with Crippen LogP contribution in [0.3, 0.4) is 0 Å². The molecule has 0 aromatic heterocycles. The second-order valence-corrected chi connectivity index (χ2v) is 5.86. The van der Waals surface area contributed by atoms with E-state index in [0.29, 0.717) is 6.54 Å². The molecule has 0 bridgehead atoms. The van der Waals surface area contributed by atoms with E-state index < -0.39 is 17.5 Å². The fraction of sp³-hybridized carbons (Fsp3) is 0.917. The Morgan fingerprint density at radius 3 is 2.42 bits per heavy atom. The number of nitrogens with one attached hydrogen (secondary N) is 1. The molecule has 3 N–H and O–H groups in total. The van der Waals surface area contributed by atoms with Crippen molar-refractivity contribution in [2.75, 3.05) is 13.2 Å². The van der Waals surface area contributed by atoms with Gasteiger partial charge in [-0.05, 0) is 34.6 Å². The van der Waals surface area contributed by atoms with Crippen molar-refractivity contribution in [2.24, 2.45) is 5.73 Å². The van der Waals surface area contributed by atoms with Gasteiger partial charge in [-0.25, -0.2) is 4.79 Å². The van der Waals surface area contributed by atoms with Gasteiger partial charge in [-0.15, -0.1) is 0 Å². The molecular weight excluding hydrogens is 252 g/mol. The van der Waals surface area contributed by atoms with E-state index in [0.717, 1.165) is 0 Å². The molecule has 1 aliphatic heterocycles. The molecule has 2 atom stereocenters. The molecule has 1 saturated heterocycles. The van der Waals surface area contributed by atoms with E-state index in [2.05, 4.69) is 5.48 Å². The third-order valence-corrected chi connectivity index (χ3v) is 2.32. The Balaban J connectivity index is 2.31. The van der Waals surface area contributed by atoms with Crippen LogP contribution in [0.1, 0.15) is 34.6 Å². The molecule has 0 aromatic rings. The molecule has 7 nitrogen and oxygen atoms in total. The Kier molecular flexibility index (Phi) is 5.14. The Labute approximate surface area is 113 Å². The average molecular weight is 276 g/mol. The third kappa shape index (κ3) is 5.73. The van der Waals surface area contributed by atoms with E-state index in [1.165, 1.54) is 0 Å². The number of nitrogens with two attached hydrogens (primary N) is 1. The Morgan fingerprint density at radius 1 is 1.32 bits per heavy atom. The molecule has 112 valence electrons. The van der Waals surface area contributed by atoms with Gasteiger partial charge in [0.25, 0.3) is 0 Å². The number of hydrogen-bond donors (Lipinski definition) is 2. The number of hydrogen-bond acceptors (Lipinski definition) is 6. The standard InChI is InChI=1S/C12H24N2O5/c1-11(2,3)19-10(15)14-16-7-9-8(6-13)17-12(4,5)18-9/h8-9H,6-7,13H2,1-5H3,(H,14,15). The predicted molar refractivity (Wildman–Crippen MR) is 68.2 cm³/mol. The van der Waals surface area contributed by atoms with Crippen LogP contribution in [-0.2, 0) is 19.0 Å². The normalized spacial score (nSPS) is 26.2. The van der Waals surface area contributed by atoms with E-state index in [4.69, 9.17) is 24.8 Å². The molecule has 1 heterocycles. The first-order valence-corrected chi connectivity index (χ1v) is 6.29. The number of carbonyl (C=O) groups excluding carboxylic acids is 1. The summed E-state index contributed by atoms with van der Waals surface area (Å²) >= 11 is 0. The van der Waals surface area contributed by atoms with E-state index in [-0.39, 0.29) is 18.8 Å². The van der Waals surface area contributed by atoms with Gasteiger partial charge in [-0.3, -0.25) is 4.84 Å². The van der Waals surface area contributed by atoms with Gasteiger partial charge in [-0.1, -0.05) is 0 Å². The fourth-order valence-electron chi connectivity index (χ4n) is 1.73. The molecule has 0 aromatic carbocycles. The summed E-state index contributed by atoms with van der Waals surface area (Å²) in [6.45, 7) is 9.39. The molecule has 7 heteroatoms. The molecule has 0 radical (unpaired) electrons. The number of rotatable bonds is 4. The van der Waals surface area contributed by atoms with Gasteiger partial charge in [0.1, 0.15) is 24.4 Å². The molecular formula is C12H24N2O5. The summed E-state index contributed by atoms with van der Waals surface area (Å²) in [7, 11) is 0. The first kappa shape index (κ1) is 16.2. The number of hydroxylamine groups is 1. The summed E-state index contributed by atoms with van der Waals surface area (Å²) < 4.78 is 16.2. The van der Waals surface area contributed by atoms with Gasteiger partial charge >= 0.3 is 6.09 Å². The molecule has 19 heavy (non-hydrogen) atoms. The molecule has 1 aliphatic rings. The summed E-state index contributed by atoms with van der Waals surface area (Å²) in [6, 6.07) is 0. The monoisotopic (exact) mass is 276 g/mol. The fourth-order valence-corrected chi connectivity index (χ4v) is 1.73. The highest BCUT2D eigenvalue weighted by atomic mass is 16.8. The SMILES string of the molecule is CC(C)(C)OC(=O)NOCC1OC(C)(C)OC1CN. The lowest BCUT2D eigenvalue weighted by molar-refractivity contribution is -0.152. The Bertz CT molecular complexity index is 314. The summed E-state index contributed by atoms with van der Waals surface area (Å²) in [5, 5.41) is 0. The zero-order valence-corrected chi connectivity index (χ0v) is 12.2. The van der Waals surface area contributed by atoms with Crippen LogP contribution in [0.15, 0.2) is 0 Å². The van der Waals surface area contributed by atoms with E-state index in [1.807, 2.05) is 0 Å². The lowest BCUT2D eigenvalue weighted by Crippen LogP contribution is -2.38. The average Bonchev–Trinajstić information content (AvgIpc) is 2.50. The zero-order chi connectivity index (χ0) is 14.7. The van der Waals surface area contributed by atoms with E-state index in [1.54, 1.807) is 34.6 Å². The summed E-state index contributed by atoms with van der Waals surface area (Å²) in [5.74, 6) is -0.690. The van der Waals surface area contributed by atoms with Crippen LogP contribution < -0.4 is 11.2 Å². The van der Waals surface area contributed by atoms with E-state index >= 15 is 0 Å². The van der Waals surface area contributed by atoms with Gasteiger partial charge < -0.3 is 19.9 Å². The van der Waals surface area contributed by atoms with E-state index in [9.17, 15) is 4.79 Å². The maximum atomic E-state index is 11.4. The Hall–Kier alpha value is -0.890. The van der Waals surface area contributed by atoms with Crippen molar-refractivity contribution in [3.05, 3.63) is 0 Å². The van der Waals surface area contributed by atoms with Crippen LogP contribution in [0.4, 0.5) is 4.79 Å². The van der Waals surface area contributed by atoms with Crippen molar-refractivity contribution in [2.45, 2.75) is 58.2 Å². The second kappa shape index (κ2) is 6.04. The number of amides is 1. The first-order chi connectivity index (χ1) is 8.63. The first-order valence-electron chi connectivity index (χ1n) is 6.29. The lowest BCUT2D eigenvalue weighted by atomic mass is 10.2. The van der Waals surface area contributed by atoms with Gasteiger partial charge in [0.15, 0.2) is 5.79 Å². The van der Waals surface area contributed by atoms with Crippen LogP contribution in [0.2, 0.25) is 0 Å². The van der Waals surface area contributed by atoms with Crippen molar-refractivity contribution in [1.29, 1.82) is 0 Å². The highest BCUT2D eigenvalue weighted by molar-refractivity contribution is 5.66. The summed E-state index contributed by atoms with van der Waals surface area (Å²) in [4.78, 5) is 16.4. The predicted octanol–water partition coefficient (Wildman–Crippen LogP) is 0.922. The number of ether oxygens (including phenoxy) is 3. The molecule has 1 amide bonds. The molecule has 2 unspecified atom stereocenters. The maximum Gasteiger partial charge on any atom is 0.431 e. The summed E-state index contributed by atoms with van der Waals surface area (Å²) in [5.41, 5.74) is 7.22. The molecule has 0 aliphatic carbocycles. The minimum atomic E-state index is -0.690. The van der Waals surface area contributed by atoms with Crippen LogP contribution in [-0.4, -0.2) is 42.8 Å².